The highest BCUT2D eigenvalue weighted by molar-refractivity contribution is 4.87. The van der Waals surface area contributed by atoms with Crippen LogP contribution in [0.4, 0.5) is 0 Å². The van der Waals surface area contributed by atoms with Gasteiger partial charge in [0.15, 0.2) is 5.82 Å². The molecule has 0 saturated carbocycles. The number of hydrogen-bond donors (Lipinski definition) is 1. The van der Waals surface area contributed by atoms with Crippen molar-refractivity contribution in [3.63, 3.8) is 0 Å². The number of tetrazole rings is 1. The lowest BCUT2D eigenvalue weighted by atomic mass is 10.1. The zero-order valence-electron chi connectivity index (χ0n) is 8.44. The van der Waals surface area contributed by atoms with Crippen LogP contribution in [-0.4, -0.2) is 20.2 Å². The normalized spacial score (nSPS) is 15.7. The fourth-order valence-electron chi connectivity index (χ4n) is 1.09. The van der Waals surface area contributed by atoms with Crippen LogP contribution in [0.15, 0.2) is 0 Å². The Kier molecular flexibility index (Phi) is 3.36. The summed E-state index contributed by atoms with van der Waals surface area (Å²) in [7, 11) is 0. The molecular formula is C8H17N5. The summed E-state index contributed by atoms with van der Waals surface area (Å²) in [4.78, 5) is 0. The van der Waals surface area contributed by atoms with Gasteiger partial charge in [-0.05, 0) is 23.3 Å². The lowest BCUT2D eigenvalue weighted by Gasteiger charge is -2.10. The van der Waals surface area contributed by atoms with Crippen LogP contribution in [0.3, 0.4) is 0 Å². The smallest absolute Gasteiger partial charge is 0.167 e. The van der Waals surface area contributed by atoms with Gasteiger partial charge < -0.3 is 5.73 Å². The lowest BCUT2D eigenvalue weighted by Crippen LogP contribution is -2.17. The average Bonchev–Trinajstić information content (AvgIpc) is 2.52. The Morgan fingerprint density at radius 1 is 1.46 bits per heavy atom. The topological polar surface area (TPSA) is 69.6 Å². The first-order chi connectivity index (χ1) is 6.15. The van der Waals surface area contributed by atoms with Crippen LogP contribution in [0.5, 0.6) is 0 Å². The van der Waals surface area contributed by atoms with Gasteiger partial charge in [-0.1, -0.05) is 20.3 Å². The van der Waals surface area contributed by atoms with Crippen molar-refractivity contribution in [2.45, 2.75) is 39.8 Å². The molecule has 1 heterocycles. The Balaban J connectivity index is 2.70. The van der Waals surface area contributed by atoms with Crippen LogP contribution >= 0.6 is 0 Å². The van der Waals surface area contributed by atoms with Crippen LogP contribution < -0.4 is 5.73 Å². The summed E-state index contributed by atoms with van der Waals surface area (Å²) in [5.74, 6) is 1.35. The Labute approximate surface area is 78.3 Å². The highest BCUT2D eigenvalue weighted by Gasteiger charge is 2.11. The number of nitrogens with two attached hydrogens (primary N) is 1. The summed E-state index contributed by atoms with van der Waals surface area (Å²) in [5.41, 5.74) is 5.71. The van der Waals surface area contributed by atoms with Gasteiger partial charge in [-0.25, -0.2) is 4.68 Å². The lowest BCUT2D eigenvalue weighted by molar-refractivity contribution is 0.414. The minimum absolute atomic E-state index is 0.0981. The fraction of sp³-hybridized carbons (Fsp3) is 0.875. The van der Waals surface area contributed by atoms with E-state index in [0.29, 0.717) is 5.92 Å². The SMILES string of the molecule is CCC(C)Cn1nnnc1C(C)N. The molecule has 0 saturated heterocycles. The number of nitrogens with zero attached hydrogens (tertiary/aromatic N) is 4. The third-order valence-electron chi connectivity index (χ3n) is 2.15. The molecule has 0 aromatic carbocycles. The predicted octanol–water partition coefficient (Wildman–Crippen LogP) is 0.739. The maximum Gasteiger partial charge on any atom is 0.167 e. The molecule has 74 valence electrons. The zero-order chi connectivity index (χ0) is 9.84. The van der Waals surface area contributed by atoms with Gasteiger partial charge in [0.25, 0.3) is 0 Å². The maximum absolute atomic E-state index is 5.71. The van der Waals surface area contributed by atoms with Gasteiger partial charge in [0.2, 0.25) is 0 Å². The monoisotopic (exact) mass is 183 g/mol. The van der Waals surface area contributed by atoms with Crippen LogP contribution in [0.25, 0.3) is 0 Å². The van der Waals surface area contributed by atoms with Gasteiger partial charge in [0.1, 0.15) is 0 Å². The van der Waals surface area contributed by atoms with Crippen molar-refractivity contribution < 1.29 is 0 Å². The van der Waals surface area contributed by atoms with Gasteiger partial charge in [0.05, 0.1) is 6.04 Å². The van der Waals surface area contributed by atoms with E-state index in [4.69, 9.17) is 5.73 Å². The van der Waals surface area contributed by atoms with Crippen molar-refractivity contribution in [1.29, 1.82) is 0 Å². The Morgan fingerprint density at radius 3 is 2.69 bits per heavy atom. The molecule has 2 N–H and O–H groups in total. The van der Waals surface area contributed by atoms with Crippen LogP contribution in [0.1, 0.15) is 39.1 Å². The van der Waals surface area contributed by atoms with E-state index in [1.807, 2.05) is 6.92 Å². The van der Waals surface area contributed by atoms with E-state index in [0.717, 1.165) is 18.8 Å². The molecule has 2 unspecified atom stereocenters. The average molecular weight is 183 g/mol. The predicted molar refractivity (Wildman–Crippen MR) is 49.9 cm³/mol. The second-order valence-corrected chi connectivity index (χ2v) is 3.52. The van der Waals surface area contributed by atoms with Crippen LogP contribution in [0.2, 0.25) is 0 Å². The van der Waals surface area contributed by atoms with E-state index in [1.165, 1.54) is 0 Å². The number of aromatic nitrogens is 4. The largest absolute Gasteiger partial charge is 0.322 e. The fourth-order valence-corrected chi connectivity index (χ4v) is 1.09. The molecule has 0 aliphatic heterocycles. The van der Waals surface area contributed by atoms with E-state index in [9.17, 15) is 0 Å². The van der Waals surface area contributed by atoms with E-state index in [-0.39, 0.29) is 6.04 Å². The third-order valence-corrected chi connectivity index (χ3v) is 2.15. The highest BCUT2D eigenvalue weighted by atomic mass is 15.5. The van der Waals surface area contributed by atoms with E-state index in [1.54, 1.807) is 4.68 Å². The molecular weight excluding hydrogens is 166 g/mol. The molecule has 1 aromatic heterocycles. The number of rotatable bonds is 4. The zero-order valence-corrected chi connectivity index (χ0v) is 8.44. The summed E-state index contributed by atoms with van der Waals surface area (Å²) in [5, 5.41) is 11.4. The first kappa shape index (κ1) is 10.1. The minimum Gasteiger partial charge on any atom is -0.322 e. The molecule has 2 atom stereocenters. The van der Waals surface area contributed by atoms with Crippen LogP contribution in [-0.2, 0) is 6.54 Å². The van der Waals surface area contributed by atoms with Crippen molar-refractivity contribution in [3.05, 3.63) is 5.82 Å². The molecule has 0 aliphatic rings. The highest BCUT2D eigenvalue weighted by Crippen LogP contribution is 2.08. The quantitative estimate of drug-likeness (QED) is 0.747. The molecule has 0 spiro atoms. The van der Waals surface area contributed by atoms with Crippen molar-refractivity contribution in [3.8, 4) is 0 Å². The van der Waals surface area contributed by atoms with Gasteiger partial charge in [-0.15, -0.1) is 5.10 Å². The summed E-state index contributed by atoms with van der Waals surface area (Å²) in [6, 6.07) is -0.0981. The Bertz CT molecular complexity index is 255. The summed E-state index contributed by atoms with van der Waals surface area (Å²) < 4.78 is 1.79. The second-order valence-electron chi connectivity index (χ2n) is 3.52. The Morgan fingerprint density at radius 2 is 2.15 bits per heavy atom. The standard InChI is InChI=1S/C8H17N5/c1-4-6(2)5-13-8(7(3)9)10-11-12-13/h6-7H,4-5,9H2,1-3H3. The molecule has 0 radical (unpaired) electrons. The summed E-state index contributed by atoms with van der Waals surface area (Å²) >= 11 is 0. The van der Waals surface area contributed by atoms with Crippen molar-refractivity contribution in [2.75, 3.05) is 0 Å². The summed E-state index contributed by atoms with van der Waals surface area (Å²) in [6.45, 7) is 7.06. The molecule has 13 heavy (non-hydrogen) atoms. The maximum atomic E-state index is 5.71. The van der Waals surface area contributed by atoms with E-state index < -0.39 is 0 Å². The van der Waals surface area contributed by atoms with Gasteiger partial charge >= 0.3 is 0 Å². The van der Waals surface area contributed by atoms with Crippen molar-refractivity contribution in [2.24, 2.45) is 11.7 Å². The molecule has 1 rings (SSSR count). The molecule has 0 fully saturated rings. The van der Waals surface area contributed by atoms with Crippen molar-refractivity contribution >= 4 is 0 Å². The second kappa shape index (κ2) is 4.32. The van der Waals surface area contributed by atoms with Gasteiger partial charge in [-0.2, -0.15) is 0 Å². The Hall–Kier alpha value is -0.970. The molecule has 5 nitrogen and oxygen atoms in total. The van der Waals surface area contributed by atoms with Crippen molar-refractivity contribution in [1.82, 2.24) is 20.2 Å². The minimum atomic E-state index is -0.0981. The van der Waals surface area contributed by atoms with E-state index in [2.05, 4.69) is 29.4 Å². The molecule has 0 aliphatic carbocycles. The molecule has 1 aromatic rings. The van der Waals surface area contributed by atoms with Gasteiger partial charge in [0, 0.05) is 6.54 Å². The molecule has 0 bridgehead atoms. The van der Waals surface area contributed by atoms with Crippen LogP contribution in [0, 0.1) is 5.92 Å². The first-order valence-corrected chi connectivity index (χ1v) is 4.66. The number of hydrogen-bond acceptors (Lipinski definition) is 4. The molecule has 0 amide bonds. The van der Waals surface area contributed by atoms with Gasteiger partial charge in [-0.3, -0.25) is 0 Å². The first-order valence-electron chi connectivity index (χ1n) is 4.66. The summed E-state index contributed by atoms with van der Waals surface area (Å²) in [6.07, 6.45) is 1.12. The molecule has 5 heteroatoms. The van der Waals surface area contributed by atoms with E-state index >= 15 is 0 Å². The third kappa shape index (κ3) is 2.48.